The van der Waals surface area contributed by atoms with Crippen LogP contribution in [-0.4, -0.2) is 86.7 Å². The summed E-state index contributed by atoms with van der Waals surface area (Å²) in [6, 6.07) is 4.94. The maximum atomic E-state index is 13.1. The van der Waals surface area contributed by atoms with Gasteiger partial charge in [0.2, 0.25) is 0 Å². The molecule has 1 fully saturated rings. The minimum atomic E-state index is -0.361. The summed E-state index contributed by atoms with van der Waals surface area (Å²) in [5.74, 6) is 0.328. The van der Waals surface area contributed by atoms with E-state index in [-0.39, 0.29) is 36.5 Å². The molecule has 1 aliphatic rings. The molecule has 31 heavy (non-hydrogen) atoms. The molecule has 0 spiro atoms. The molecule has 1 aromatic carbocycles. The van der Waals surface area contributed by atoms with Crippen LogP contribution in [0.15, 0.2) is 24.3 Å². The van der Waals surface area contributed by atoms with Crippen molar-refractivity contribution in [3.8, 4) is 0 Å². The Morgan fingerprint density at radius 2 is 1.90 bits per heavy atom. The molecule has 8 heteroatoms. The number of hydrogen-bond acceptors (Lipinski definition) is 5. The third kappa shape index (κ3) is 8.37. The highest BCUT2D eigenvalue weighted by atomic mass is 19.1. The molecule has 0 saturated carbocycles. The summed E-state index contributed by atoms with van der Waals surface area (Å²) in [6.07, 6.45) is 2.11. The molecule has 2 rings (SSSR count). The summed E-state index contributed by atoms with van der Waals surface area (Å²) in [7, 11) is 3.80. The number of methoxy groups -OCH3 is 1. The van der Waals surface area contributed by atoms with Gasteiger partial charge >= 0.3 is 6.03 Å². The highest BCUT2D eigenvalue weighted by Crippen LogP contribution is 2.18. The summed E-state index contributed by atoms with van der Waals surface area (Å²) in [5.41, 5.74) is 0.508. The van der Waals surface area contributed by atoms with Crippen molar-refractivity contribution >= 4 is 11.7 Å². The SMILES string of the molecule is CO[C@@H](CN(C)CC1CCOCC1)[C@@H](C)CN(C(=O)Nc1ccc(F)cc1)[C@@H](C)CO. The monoisotopic (exact) mass is 439 g/mol. The van der Waals surface area contributed by atoms with Crippen LogP contribution < -0.4 is 5.32 Å². The number of ether oxygens (including phenoxy) is 2. The molecule has 2 amide bonds. The first-order valence-corrected chi connectivity index (χ1v) is 11.1. The number of urea groups is 1. The summed E-state index contributed by atoms with van der Waals surface area (Å²) in [5, 5.41) is 12.5. The lowest BCUT2D eigenvalue weighted by Crippen LogP contribution is -2.48. The largest absolute Gasteiger partial charge is 0.394 e. The number of rotatable bonds is 11. The lowest BCUT2D eigenvalue weighted by atomic mass is 9.98. The van der Waals surface area contributed by atoms with Crippen LogP contribution >= 0.6 is 0 Å². The van der Waals surface area contributed by atoms with Gasteiger partial charge in [-0.15, -0.1) is 0 Å². The van der Waals surface area contributed by atoms with E-state index in [9.17, 15) is 14.3 Å². The molecular formula is C23H38FN3O4. The molecule has 2 N–H and O–H groups in total. The van der Waals surface area contributed by atoms with Gasteiger partial charge in [0.05, 0.1) is 18.8 Å². The van der Waals surface area contributed by atoms with Gasteiger partial charge in [0.15, 0.2) is 0 Å². The molecule has 3 atom stereocenters. The molecule has 0 radical (unpaired) electrons. The number of nitrogens with zero attached hydrogens (tertiary/aromatic N) is 2. The number of carbonyl (C=O) groups excluding carboxylic acids is 1. The number of amides is 2. The van der Waals surface area contributed by atoms with E-state index in [1.807, 2.05) is 0 Å². The Morgan fingerprint density at radius 3 is 2.48 bits per heavy atom. The Morgan fingerprint density at radius 1 is 1.26 bits per heavy atom. The minimum Gasteiger partial charge on any atom is -0.394 e. The maximum absolute atomic E-state index is 13.1. The third-order valence-corrected chi connectivity index (χ3v) is 5.98. The maximum Gasteiger partial charge on any atom is 0.322 e. The zero-order valence-electron chi connectivity index (χ0n) is 19.2. The van der Waals surface area contributed by atoms with Crippen molar-refractivity contribution in [3.05, 3.63) is 30.1 Å². The Bertz CT molecular complexity index is 655. The van der Waals surface area contributed by atoms with Gasteiger partial charge in [-0.25, -0.2) is 9.18 Å². The Hall–Kier alpha value is -1.74. The topological polar surface area (TPSA) is 74.3 Å². The number of aliphatic hydroxyl groups is 1. The van der Waals surface area contributed by atoms with Crippen LogP contribution in [0.3, 0.4) is 0 Å². The van der Waals surface area contributed by atoms with Crippen molar-refractivity contribution < 1.29 is 23.8 Å². The second kappa shape index (κ2) is 13.0. The van der Waals surface area contributed by atoms with Gasteiger partial charge in [0.1, 0.15) is 5.82 Å². The standard InChI is InChI=1S/C23H38FN3O4/c1-17(22(30-4)15-26(3)14-19-9-11-31-12-10-19)13-27(18(2)16-28)23(29)25-21-7-5-20(24)6-8-21/h5-8,17-19,22,28H,9-16H2,1-4H3,(H,25,29)/t17-,18-,22-/m0/s1. The van der Waals surface area contributed by atoms with Gasteiger partial charge in [0.25, 0.3) is 0 Å². The number of carbonyl (C=O) groups is 1. The van der Waals surface area contributed by atoms with Crippen LogP contribution in [0.25, 0.3) is 0 Å². The van der Waals surface area contributed by atoms with Crippen LogP contribution in [0.4, 0.5) is 14.9 Å². The lowest BCUT2D eigenvalue weighted by molar-refractivity contribution is 0.00866. The fraction of sp³-hybridized carbons (Fsp3) is 0.696. The van der Waals surface area contributed by atoms with Gasteiger partial charge in [-0.05, 0) is 57.0 Å². The van der Waals surface area contributed by atoms with Crippen molar-refractivity contribution in [2.24, 2.45) is 11.8 Å². The first-order valence-electron chi connectivity index (χ1n) is 11.1. The van der Waals surface area contributed by atoms with Crippen LogP contribution in [0.5, 0.6) is 0 Å². The second-order valence-electron chi connectivity index (χ2n) is 8.65. The predicted molar refractivity (Wildman–Crippen MR) is 120 cm³/mol. The van der Waals surface area contributed by atoms with Gasteiger partial charge in [-0.3, -0.25) is 0 Å². The first-order chi connectivity index (χ1) is 14.8. The van der Waals surface area contributed by atoms with Gasteiger partial charge in [-0.2, -0.15) is 0 Å². The summed E-state index contributed by atoms with van der Waals surface area (Å²) in [6.45, 7) is 7.56. The Balaban J connectivity index is 1.95. The Kier molecular flexibility index (Phi) is 10.7. The fourth-order valence-corrected chi connectivity index (χ4v) is 3.96. The smallest absolute Gasteiger partial charge is 0.322 e. The molecule has 1 saturated heterocycles. The number of halogens is 1. The fourth-order valence-electron chi connectivity index (χ4n) is 3.96. The van der Waals surface area contributed by atoms with E-state index in [0.29, 0.717) is 18.2 Å². The van der Waals surface area contributed by atoms with Gasteiger partial charge in [-0.1, -0.05) is 6.92 Å². The summed E-state index contributed by atoms with van der Waals surface area (Å²) >= 11 is 0. The Labute approximate surface area is 185 Å². The lowest BCUT2D eigenvalue weighted by Gasteiger charge is -2.35. The van der Waals surface area contributed by atoms with E-state index < -0.39 is 0 Å². The molecule has 176 valence electrons. The number of hydrogen-bond donors (Lipinski definition) is 2. The number of benzene rings is 1. The van der Waals surface area contributed by atoms with Crippen molar-refractivity contribution in [1.29, 1.82) is 0 Å². The molecule has 1 aromatic rings. The van der Waals surface area contributed by atoms with Crippen molar-refractivity contribution in [3.63, 3.8) is 0 Å². The number of anilines is 1. The van der Waals surface area contributed by atoms with Crippen LogP contribution in [-0.2, 0) is 9.47 Å². The van der Waals surface area contributed by atoms with E-state index >= 15 is 0 Å². The van der Waals surface area contributed by atoms with E-state index in [1.54, 1.807) is 18.9 Å². The van der Waals surface area contributed by atoms with E-state index in [0.717, 1.165) is 39.1 Å². The van der Waals surface area contributed by atoms with E-state index in [4.69, 9.17) is 9.47 Å². The van der Waals surface area contributed by atoms with Crippen LogP contribution in [0, 0.1) is 17.7 Å². The summed E-state index contributed by atoms with van der Waals surface area (Å²) < 4.78 is 24.3. The number of nitrogens with one attached hydrogen (secondary N) is 1. The molecular weight excluding hydrogens is 401 g/mol. The zero-order valence-corrected chi connectivity index (χ0v) is 19.2. The second-order valence-corrected chi connectivity index (χ2v) is 8.65. The minimum absolute atomic E-state index is 0.0510. The molecule has 0 aromatic heterocycles. The highest BCUT2D eigenvalue weighted by Gasteiger charge is 2.27. The normalized spacial score (nSPS) is 17.9. The third-order valence-electron chi connectivity index (χ3n) is 5.98. The van der Waals surface area contributed by atoms with Crippen molar-refractivity contribution in [2.75, 3.05) is 58.9 Å². The zero-order chi connectivity index (χ0) is 22.8. The highest BCUT2D eigenvalue weighted by molar-refractivity contribution is 5.89. The molecule has 1 heterocycles. The molecule has 0 aliphatic carbocycles. The average Bonchev–Trinajstić information content (AvgIpc) is 2.77. The molecule has 1 aliphatic heterocycles. The van der Waals surface area contributed by atoms with E-state index in [1.165, 1.54) is 24.3 Å². The van der Waals surface area contributed by atoms with Gasteiger partial charge in [0, 0.05) is 51.6 Å². The quantitative estimate of drug-likeness (QED) is 0.554. The van der Waals surface area contributed by atoms with Crippen molar-refractivity contribution in [1.82, 2.24) is 9.80 Å². The summed E-state index contributed by atoms with van der Waals surface area (Å²) in [4.78, 5) is 16.8. The molecule has 0 bridgehead atoms. The predicted octanol–water partition coefficient (Wildman–Crippen LogP) is 3.05. The average molecular weight is 440 g/mol. The first kappa shape index (κ1) is 25.5. The number of aliphatic hydroxyl groups excluding tert-OH is 1. The number of likely N-dealkylation sites (N-methyl/N-ethyl adjacent to an activating group) is 1. The van der Waals surface area contributed by atoms with Crippen LogP contribution in [0.1, 0.15) is 26.7 Å². The van der Waals surface area contributed by atoms with Gasteiger partial charge < -0.3 is 29.7 Å². The van der Waals surface area contributed by atoms with Crippen LogP contribution in [0.2, 0.25) is 0 Å². The van der Waals surface area contributed by atoms with Crippen molar-refractivity contribution in [2.45, 2.75) is 38.8 Å². The molecule has 0 unspecified atom stereocenters. The molecule has 7 nitrogen and oxygen atoms in total. The van der Waals surface area contributed by atoms with E-state index in [2.05, 4.69) is 24.2 Å².